The molecule has 9 nitrogen and oxygen atoms in total. The van der Waals surface area contributed by atoms with Crippen LogP contribution in [0.2, 0.25) is 0 Å². The maximum Gasteiger partial charge on any atom is 0.309 e. The van der Waals surface area contributed by atoms with E-state index in [1.807, 2.05) is 48.5 Å². The quantitative estimate of drug-likeness (QED) is 0.110. The van der Waals surface area contributed by atoms with Gasteiger partial charge in [-0.25, -0.2) is 9.37 Å². The maximum atomic E-state index is 13.6. The average Bonchev–Trinajstić information content (AvgIpc) is 3.52. The van der Waals surface area contributed by atoms with Crippen LogP contribution >= 0.6 is 11.3 Å². The van der Waals surface area contributed by atoms with E-state index in [9.17, 15) is 34.4 Å². The van der Waals surface area contributed by atoms with Gasteiger partial charge in [-0.05, 0) is 78.6 Å². The van der Waals surface area contributed by atoms with E-state index in [4.69, 9.17) is 5.11 Å². The molecule has 4 aromatic rings. The van der Waals surface area contributed by atoms with Gasteiger partial charge in [0.05, 0.1) is 48.4 Å². The second-order valence-electron chi connectivity index (χ2n) is 12.2. The van der Waals surface area contributed by atoms with Gasteiger partial charge >= 0.3 is 5.97 Å². The number of carbonyl (C=O) groups is 2. The summed E-state index contributed by atoms with van der Waals surface area (Å²) in [6.45, 7) is -1.08. The number of β-lactam (4-membered cyclic amide) rings is 1. The molecule has 1 aromatic heterocycles. The van der Waals surface area contributed by atoms with E-state index in [1.54, 1.807) is 22.4 Å². The minimum Gasteiger partial charge on any atom is -0.481 e. The number of aromatic nitrogens is 1. The second-order valence-corrected chi connectivity index (χ2v) is 13.1. The Kier molecular flexibility index (Phi) is 11.2. The molecule has 2 heterocycles. The lowest BCUT2D eigenvalue weighted by atomic mass is 9.78. The lowest BCUT2D eigenvalue weighted by molar-refractivity contribution is -0.136. The SMILES string of the molecule is O=C(O)Cc1csc(CCc2ccc(N3C(=O)[C@H](CC[C@H](O)c4ccc(F)cc4)[C@H]3c3ccc(CCC(O)(CO)CO)cc3)cc2)n1. The molecule has 1 saturated heterocycles. The van der Waals surface area contributed by atoms with Crippen molar-refractivity contribution in [1.29, 1.82) is 0 Å². The summed E-state index contributed by atoms with van der Waals surface area (Å²) in [5, 5.41) is 51.5. The number of carboxylic acid groups (broad SMARTS) is 1. The number of halogens is 1. The van der Waals surface area contributed by atoms with Crippen molar-refractivity contribution in [2.45, 2.75) is 62.7 Å². The molecule has 3 aromatic carbocycles. The van der Waals surface area contributed by atoms with E-state index < -0.39 is 30.9 Å². The minimum absolute atomic E-state index is 0.0529. The smallest absolute Gasteiger partial charge is 0.309 e. The van der Waals surface area contributed by atoms with Crippen LogP contribution in [0.1, 0.15) is 64.4 Å². The monoisotopic (exact) mass is 662 g/mol. The summed E-state index contributed by atoms with van der Waals surface area (Å²) in [6, 6.07) is 20.9. The molecule has 47 heavy (non-hydrogen) atoms. The normalized spacial score (nSPS) is 17.0. The Morgan fingerprint density at radius 2 is 1.57 bits per heavy atom. The van der Waals surface area contributed by atoms with Crippen LogP contribution in [-0.2, 0) is 35.3 Å². The van der Waals surface area contributed by atoms with Crippen molar-refractivity contribution in [3.05, 3.63) is 117 Å². The van der Waals surface area contributed by atoms with E-state index in [1.165, 1.54) is 23.5 Å². The zero-order chi connectivity index (χ0) is 33.6. The van der Waals surface area contributed by atoms with E-state index in [0.717, 1.165) is 27.4 Å². The van der Waals surface area contributed by atoms with Gasteiger partial charge in [0.2, 0.25) is 5.91 Å². The largest absolute Gasteiger partial charge is 0.481 e. The summed E-state index contributed by atoms with van der Waals surface area (Å²) < 4.78 is 13.4. The molecular formula is C36H39FN2O7S. The molecule has 0 radical (unpaired) electrons. The van der Waals surface area contributed by atoms with Crippen LogP contribution in [0.15, 0.2) is 78.2 Å². The number of rotatable bonds is 16. The number of amides is 1. The van der Waals surface area contributed by atoms with Crippen molar-refractivity contribution in [1.82, 2.24) is 4.98 Å². The molecule has 3 atom stereocenters. The number of hydrogen-bond acceptors (Lipinski definition) is 8. The van der Waals surface area contributed by atoms with Crippen molar-refractivity contribution < 1.29 is 39.5 Å². The Morgan fingerprint density at radius 3 is 2.21 bits per heavy atom. The van der Waals surface area contributed by atoms with Crippen molar-refractivity contribution >= 4 is 28.9 Å². The van der Waals surface area contributed by atoms with Gasteiger partial charge in [0.1, 0.15) is 11.4 Å². The van der Waals surface area contributed by atoms with Crippen LogP contribution in [-0.4, -0.2) is 61.2 Å². The highest BCUT2D eigenvalue weighted by atomic mass is 32.1. The van der Waals surface area contributed by atoms with Crippen LogP contribution < -0.4 is 4.90 Å². The topological polar surface area (TPSA) is 151 Å². The van der Waals surface area contributed by atoms with Gasteiger partial charge in [0.15, 0.2) is 0 Å². The Hall–Kier alpha value is -4.00. The predicted octanol–water partition coefficient (Wildman–Crippen LogP) is 4.56. The van der Waals surface area contributed by atoms with Crippen molar-refractivity contribution in [3.63, 3.8) is 0 Å². The summed E-state index contributed by atoms with van der Waals surface area (Å²) in [7, 11) is 0. The molecule has 248 valence electrons. The number of nitrogens with zero attached hydrogens (tertiary/aromatic N) is 2. The van der Waals surface area contributed by atoms with E-state index in [2.05, 4.69) is 4.98 Å². The standard InChI is InChI=1S/C36H39FN2O7S/c37-27-10-8-25(9-11-27)31(42)15-14-30-34(26-6-1-24(2-7-26)17-18-36(46,21-40)22-41)39(35(30)45)29-12-3-23(4-13-29)5-16-32-38-28(20-47-32)19-33(43)44/h1-4,6-13,20,30-31,34,40-42,46H,5,14-19,21-22H2,(H,43,44)/t30-,31+,34-/m1/s1. The van der Waals surface area contributed by atoms with E-state index >= 15 is 0 Å². The number of anilines is 1. The molecule has 5 rings (SSSR count). The molecule has 5 N–H and O–H groups in total. The third kappa shape index (κ3) is 8.48. The summed E-state index contributed by atoms with van der Waals surface area (Å²) >= 11 is 1.45. The first kappa shape index (κ1) is 34.3. The molecule has 1 aliphatic heterocycles. The maximum absolute atomic E-state index is 13.6. The zero-order valence-corrected chi connectivity index (χ0v) is 26.7. The first-order chi connectivity index (χ1) is 22.6. The third-order valence-corrected chi connectivity index (χ3v) is 9.74. The molecule has 0 saturated carbocycles. The van der Waals surface area contributed by atoms with Crippen LogP contribution in [0, 0.1) is 11.7 Å². The van der Waals surface area contributed by atoms with Gasteiger partial charge in [-0.15, -0.1) is 11.3 Å². The highest BCUT2D eigenvalue weighted by Crippen LogP contribution is 2.46. The summed E-state index contributed by atoms with van der Waals surface area (Å²) in [6.07, 6.45) is 1.85. The second kappa shape index (κ2) is 15.3. The third-order valence-electron chi connectivity index (χ3n) is 8.78. The van der Waals surface area contributed by atoms with Gasteiger partial charge in [-0.1, -0.05) is 48.5 Å². The number of thiazole rings is 1. The van der Waals surface area contributed by atoms with Crippen molar-refractivity contribution in [2.75, 3.05) is 18.1 Å². The average molecular weight is 663 g/mol. The lowest BCUT2D eigenvalue weighted by Gasteiger charge is -2.48. The highest BCUT2D eigenvalue weighted by molar-refractivity contribution is 7.09. The van der Waals surface area contributed by atoms with Gasteiger partial charge < -0.3 is 30.4 Å². The van der Waals surface area contributed by atoms with Crippen molar-refractivity contribution in [2.24, 2.45) is 5.92 Å². The molecular weight excluding hydrogens is 623 g/mol. The number of hydrogen-bond donors (Lipinski definition) is 5. The molecule has 0 spiro atoms. The molecule has 0 aliphatic carbocycles. The number of aliphatic hydroxyl groups is 4. The first-order valence-corrected chi connectivity index (χ1v) is 16.5. The Morgan fingerprint density at radius 1 is 0.936 bits per heavy atom. The molecule has 0 bridgehead atoms. The van der Waals surface area contributed by atoms with Crippen LogP contribution in [0.25, 0.3) is 0 Å². The summed E-state index contributed by atoms with van der Waals surface area (Å²) in [5.74, 6) is -1.73. The van der Waals surface area contributed by atoms with E-state index in [-0.39, 0.29) is 36.5 Å². The van der Waals surface area contributed by atoms with Gasteiger partial charge in [0.25, 0.3) is 0 Å². The highest BCUT2D eigenvalue weighted by Gasteiger charge is 2.48. The number of aliphatic hydroxyl groups excluding tert-OH is 3. The molecule has 0 unspecified atom stereocenters. The van der Waals surface area contributed by atoms with Crippen LogP contribution in [0.5, 0.6) is 0 Å². The van der Waals surface area contributed by atoms with Crippen LogP contribution in [0.3, 0.4) is 0 Å². The number of aryl methyl sites for hydroxylation is 3. The van der Waals surface area contributed by atoms with Crippen molar-refractivity contribution in [3.8, 4) is 0 Å². The Labute approximate surface area is 276 Å². The predicted molar refractivity (Wildman–Crippen MR) is 175 cm³/mol. The Balaban J connectivity index is 1.30. The summed E-state index contributed by atoms with van der Waals surface area (Å²) in [5.41, 5.74) is 3.22. The molecule has 1 fully saturated rings. The van der Waals surface area contributed by atoms with Crippen LogP contribution in [0.4, 0.5) is 10.1 Å². The Bertz CT molecular complexity index is 1640. The number of carbonyl (C=O) groups excluding carboxylic acids is 1. The number of aliphatic carboxylic acids is 1. The minimum atomic E-state index is -1.55. The number of benzene rings is 3. The molecule has 11 heteroatoms. The zero-order valence-electron chi connectivity index (χ0n) is 25.8. The van der Waals surface area contributed by atoms with Gasteiger partial charge in [-0.3, -0.25) is 9.59 Å². The fraction of sp³-hybridized carbons (Fsp3) is 0.361. The number of carboxylic acids is 1. The first-order valence-electron chi connectivity index (χ1n) is 15.6. The van der Waals surface area contributed by atoms with Gasteiger partial charge in [0, 0.05) is 17.5 Å². The fourth-order valence-electron chi connectivity index (χ4n) is 5.93. The van der Waals surface area contributed by atoms with Gasteiger partial charge in [-0.2, -0.15) is 0 Å². The fourth-order valence-corrected chi connectivity index (χ4v) is 6.73. The summed E-state index contributed by atoms with van der Waals surface area (Å²) in [4.78, 5) is 30.8. The lowest BCUT2D eigenvalue weighted by Crippen LogP contribution is -2.55. The molecule has 1 amide bonds. The molecule has 1 aliphatic rings. The van der Waals surface area contributed by atoms with E-state index in [0.29, 0.717) is 43.4 Å².